The summed E-state index contributed by atoms with van der Waals surface area (Å²) >= 11 is 0. The van der Waals surface area contributed by atoms with Crippen LogP contribution in [0.5, 0.6) is 0 Å². The van der Waals surface area contributed by atoms with Crippen LogP contribution in [0, 0.1) is 0 Å². The Bertz CT molecular complexity index is 1750. The molecule has 0 radical (unpaired) electrons. The lowest BCUT2D eigenvalue weighted by atomic mass is 9.32. The molecule has 1 N–H and O–H groups in total. The number of hydrogen-bond acceptors (Lipinski definition) is 2. The molecule has 8 rings (SSSR count). The summed E-state index contributed by atoms with van der Waals surface area (Å²) in [5.41, 5.74) is 13.0. The summed E-state index contributed by atoms with van der Waals surface area (Å²) in [4.78, 5) is 2.45. The molecule has 0 atom stereocenters. The van der Waals surface area contributed by atoms with Crippen LogP contribution in [0.2, 0.25) is 0 Å². The maximum absolute atomic E-state index is 3.82. The van der Waals surface area contributed by atoms with E-state index in [1.165, 1.54) is 66.7 Å². The zero-order chi connectivity index (χ0) is 23.6. The van der Waals surface area contributed by atoms with Crippen molar-refractivity contribution >= 4 is 68.4 Å². The number of nitrogens with one attached hydrogen (secondary N) is 1. The molecule has 2 aliphatic heterocycles. The number of benzene rings is 5. The van der Waals surface area contributed by atoms with Crippen molar-refractivity contribution in [2.75, 3.05) is 10.2 Å². The van der Waals surface area contributed by atoms with Crippen LogP contribution in [0.4, 0.5) is 28.4 Å². The van der Waals surface area contributed by atoms with E-state index in [4.69, 9.17) is 0 Å². The molecule has 0 saturated heterocycles. The van der Waals surface area contributed by atoms with E-state index < -0.39 is 0 Å². The van der Waals surface area contributed by atoms with Gasteiger partial charge in [0.25, 0.3) is 6.71 Å². The van der Waals surface area contributed by atoms with Crippen molar-refractivity contribution < 1.29 is 0 Å². The smallest absolute Gasteiger partial charge is 0.252 e. The molecule has 168 valence electrons. The van der Waals surface area contributed by atoms with Crippen molar-refractivity contribution in [1.82, 2.24) is 0 Å². The molecule has 0 amide bonds. The predicted molar refractivity (Wildman–Crippen MR) is 155 cm³/mol. The monoisotopic (exact) mass is 458 g/mol. The van der Waals surface area contributed by atoms with Gasteiger partial charge in [-0.2, -0.15) is 0 Å². The molecule has 1 aliphatic carbocycles. The third-order valence-corrected chi connectivity index (χ3v) is 7.87. The van der Waals surface area contributed by atoms with E-state index in [-0.39, 0.29) is 6.71 Å². The number of rotatable bonds is 1. The van der Waals surface area contributed by atoms with Crippen molar-refractivity contribution in [2.45, 2.75) is 6.42 Å². The minimum absolute atomic E-state index is 0.168. The lowest BCUT2D eigenvalue weighted by molar-refractivity contribution is 1.27. The summed E-state index contributed by atoms with van der Waals surface area (Å²) in [6.45, 7) is 0.168. The molecule has 0 saturated carbocycles. The second-order valence-corrected chi connectivity index (χ2v) is 9.81. The van der Waals surface area contributed by atoms with Gasteiger partial charge in [0.15, 0.2) is 0 Å². The number of allylic oxidation sites excluding steroid dienone is 3. The first-order chi connectivity index (χ1) is 17.9. The average molecular weight is 458 g/mol. The minimum Gasteiger partial charge on any atom is -0.356 e. The fourth-order valence-electron chi connectivity index (χ4n) is 6.34. The van der Waals surface area contributed by atoms with Crippen LogP contribution in [0.1, 0.15) is 11.1 Å². The Labute approximate surface area is 211 Å². The second kappa shape index (κ2) is 7.50. The first kappa shape index (κ1) is 19.8. The molecule has 0 bridgehead atoms. The summed E-state index contributed by atoms with van der Waals surface area (Å²) in [6.07, 6.45) is 9.80. The van der Waals surface area contributed by atoms with Crippen molar-refractivity contribution in [2.24, 2.45) is 0 Å². The molecule has 5 aromatic rings. The van der Waals surface area contributed by atoms with Crippen LogP contribution in [0.15, 0.2) is 115 Å². The third-order valence-electron chi connectivity index (χ3n) is 7.87. The van der Waals surface area contributed by atoms with Gasteiger partial charge in [-0.15, -0.1) is 0 Å². The maximum Gasteiger partial charge on any atom is 0.252 e. The summed E-state index contributed by atoms with van der Waals surface area (Å²) in [6, 6.07) is 35.6. The van der Waals surface area contributed by atoms with E-state index in [9.17, 15) is 0 Å². The highest BCUT2D eigenvalue weighted by Crippen LogP contribution is 2.41. The minimum atomic E-state index is 0.168. The van der Waals surface area contributed by atoms with E-state index in [0.717, 1.165) is 6.42 Å². The van der Waals surface area contributed by atoms with Crippen LogP contribution in [0.25, 0.3) is 16.8 Å². The zero-order valence-corrected chi connectivity index (χ0v) is 19.8. The van der Waals surface area contributed by atoms with Crippen LogP contribution in [-0.4, -0.2) is 6.71 Å². The van der Waals surface area contributed by atoms with Crippen molar-refractivity contribution in [3.63, 3.8) is 0 Å². The highest BCUT2D eigenvalue weighted by atomic mass is 15.2. The summed E-state index contributed by atoms with van der Waals surface area (Å²) in [5.74, 6) is 0. The van der Waals surface area contributed by atoms with Gasteiger partial charge in [0.05, 0.1) is 0 Å². The standard InChI is InChI=1S/C33H23BN2/c1-3-10-22-18-19-29-32(26(22)15-6-1)34-27-20-23-11-7-8-12-24(23)21-31(27)36(25-13-4-2-5-14-25)30-17-9-16-28(35-29)33(30)34/h1-14,16-21,35H,15H2. The van der Waals surface area contributed by atoms with Crippen LogP contribution in [0.3, 0.4) is 0 Å². The molecular formula is C33H23BN2. The average Bonchev–Trinajstić information content (AvgIpc) is 3.18. The fraction of sp³-hybridized carbons (Fsp3) is 0.0303. The van der Waals surface area contributed by atoms with Gasteiger partial charge in [-0.05, 0) is 81.1 Å². The normalized spacial score (nSPS) is 14.4. The number of para-hydroxylation sites is 1. The predicted octanol–water partition coefficient (Wildman–Crippen LogP) is 6.32. The van der Waals surface area contributed by atoms with E-state index >= 15 is 0 Å². The molecule has 0 aromatic heterocycles. The second-order valence-electron chi connectivity index (χ2n) is 9.81. The lowest BCUT2D eigenvalue weighted by Gasteiger charge is -2.41. The zero-order valence-electron chi connectivity index (χ0n) is 19.8. The lowest BCUT2D eigenvalue weighted by Crippen LogP contribution is -2.61. The Balaban J connectivity index is 1.50. The molecule has 0 unspecified atom stereocenters. The Kier molecular flexibility index (Phi) is 4.12. The number of fused-ring (bicyclic) bond motifs is 7. The topological polar surface area (TPSA) is 15.3 Å². The molecule has 2 heterocycles. The Morgan fingerprint density at radius 3 is 2.36 bits per heavy atom. The number of nitrogens with zero attached hydrogens (tertiary/aromatic N) is 1. The van der Waals surface area contributed by atoms with Gasteiger partial charge < -0.3 is 10.2 Å². The van der Waals surface area contributed by atoms with Crippen molar-refractivity contribution in [3.05, 3.63) is 126 Å². The Hall–Kier alpha value is -4.50. The van der Waals surface area contributed by atoms with Gasteiger partial charge in [0.2, 0.25) is 0 Å². The van der Waals surface area contributed by atoms with Gasteiger partial charge in [-0.3, -0.25) is 0 Å². The first-order valence-corrected chi connectivity index (χ1v) is 12.6. The van der Waals surface area contributed by atoms with Crippen molar-refractivity contribution in [1.29, 1.82) is 0 Å². The Morgan fingerprint density at radius 2 is 1.47 bits per heavy atom. The summed E-state index contributed by atoms with van der Waals surface area (Å²) in [7, 11) is 0. The van der Waals surface area contributed by atoms with E-state index in [1.54, 1.807) is 0 Å². The molecule has 3 heteroatoms. The fourth-order valence-corrected chi connectivity index (χ4v) is 6.34. The SMILES string of the molecule is C1=CCc2c(ccc3c2B2c4cc5ccccc5cc4N(c4ccccc4)c4cccc(c42)N3)C=C1. The van der Waals surface area contributed by atoms with Gasteiger partial charge in [-0.1, -0.05) is 85.0 Å². The quantitative estimate of drug-likeness (QED) is 0.290. The maximum atomic E-state index is 3.82. The molecule has 5 aromatic carbocycles. The van der Waals surface area contributed by atoms with E-state index in [1.807, 2.05) is 0 Å². The Morgan fingerprint density at radius 1 is 0.667 bits per heavy atom. The molecular weight excluding hydrogens is 435 g/mol. The van der Waals surface area contributed by atoms with Gasteiger partial charge in [-0.25, -0.2) is 0 Å². The molecule has 3 aliphatic rings. The summed E-state index contributed by atoms with van der Waals surface area (Å²) in [5, 5.41) is 6.37. The number of hydrogen-bond donors (Lipinski definition) is 1. The first-order valence-electron chi connectivity index (χ1n) is 12.6. The summed E-state index contributed by atoms with van der Waals surface area (Å²) < 4.78 is 0. The molecule has 36 heavy (non-hydrogen) atoms. The molecule has 2 nitrogen and oxygen atoms in total. The largest absolute Gasteiger partial charge is 0.356 e. The highest BCUT2D eigenvalue weighted by molar-refractivity contribution is 7.00. The number of anilines is 5. The van der Waals surface area contributed by atoms with Gasteiger partial charge >= 0.3 is 0 Å². The van der Waals surface area contributed by atoms with E-state index in [0.29, 0.717) is 0 Å². The van der Waals surface area contributed by atoms with Gasteiger partial charge in [0, 0.05) is 28.4 Å². The third kappa shape index (κ3) is 2.74. The highest BCUT2D eigenvalue weighted by Gasteiger charge is 2.42. The van der Waals surface area contributed by atoms with Crippen LogP contribution in [-0.2, 0) is 6.42 Å². The van der Waals surface area contributed by atoms with Crippen molar-refractivity contribution in [3.8, 4) is 0 Å². The van der Waals surface area contributed by atoms with Gasteiger partial charge in [0.1, 0.15) is 0 Å². The van der Waals surface area contributed by atoms with E-state index in [2.05, 4.69) is 132 Å². The molecule has 0 spiro atoms. The van der Waals surface area contributed by atoms with Crippen LogP contribution < -0.4 is 26.6 Å². The molecule has 0 fully saturated rings. The van der Waals surface area contributed by atoms with Crippen LogP contribution >= 0.6 is 0 Å².